The van der Waals surface area contributed by atoms with Gasteiger partial charge in [-0.05, 0) is 66.9 Å². The molecule has 2 heterocycles. The van der Waals surface area contributed by atoms with E-state index in [-0.39, 0.29) is 11.1 Å². The van der Waals surface area contributed by atoms with Crippen molar-refractivity contribution in [3.8, 4) is 0 Å². The van der Waals surface area contributed by atoms with Crippen LogP contribution >= 0.6 is 0 Å². The molecule has 0 bridgehead atoms. The Labute approximate surface area is 216 Å². The summed E-state index contributed by atoms with van der Waals surface area (Å²) in [5.74, 6) is -1.21. The quantitative estimate of drug-likeness (QED) is 0.384. The Morgan fingerprint density at radius 2 is 1.78 bits per heavy atom. The number of carbonyl (C=O) groups is 1. The molecule has 1 amide bonds. The van der Waals surface area contributed by atoms with Crippen LogP contribution in [-0.2, 0) is 13.0 Å². The minimum atomic E-state index is -0.644. The summed E-state index contributed by atoms with van der Waals surface area (Å²) >= 11 is 0. The molecular weight excluding hydrogens is 467 g/mol. The second kappa shape index (κ2) is 11.1. The van der Waals surface area contributed by atoms with Crippen molar-refractivity contribution in [3.63, 3.8) is 0 Å². The maximum atomic E-state index is 14.2. The number of carbonyl (C=O) groups excluding carboxylic acids is 1. The number of halogens is 1. The molecule has 1 fully saturated rings. The summed E-state index contributed by atoms with van der Waals surface area (Å²) in [5.41, 5.74) is 5.17. The number of piperazine rings is 1. The fourth-order valence-corrected chi connectivity index (χ4v) is 4.97. The van der Waals surface area contributed by atoms with E-state index in [0.717, 1.165) is 55.9 Å². The van der Waals surface area contributed by atoms with Crippen LogP contribution in [0.5, 0.6) is 0 Å². The molecule has 37 heavy (non-hydrogen) atoms. The van der Waals surface area contributed by atoms with Crippen molar-refractivity contribution >= 4 is 28.2 Å². The summed E-state index contributed by atoms with van der Waals surface area (Å²) in [5, 5.41) is 13.5. The minimum absolute atomic E-state index is 0.120. The van der Waals surface area contributed by atoms with Gasteiger partial charge in [-0.25, -0.2) is 4.39 Å². The number of rotatable bonds is 7. The first-order valence-electron chi connectivity index (χ1n) is 12.6. The van der Waals surface area contributed by atoms with Crippen LogP contribution in [0.1, 0.15) is 27.2 Å². The highest BCUT2D eigenvalue weighted by Gasteiger charge is 2.19. The predicted molar refractivity (Wildman–Crippen MR) is 146 cm³/mol. The van der Waals surface area contributed by atoms with Gasteiger partial charge in [0.15, 0.2) is 0 Å². The van der Waals surface area contributed by atoms with Gasteiger partial charge in [0.2, 0.25) is 0 Å². The van der Waals surface area contributed by atoms with Crippen LogP contribution in [-0.4, -0.2) is 53.6 Å². The molecule has 4 aromatic rings. The number of pyridine rings is 1. The zero-order chi connectivity index (χ0) is 25.8. The average molecular weight is 499 g/mol. The molecule has 3 aromatic carbocycles. The van der Waals surface area contributed by atoms with Crippen LogP contribution in [0.2, 0.25) is 0 Å². The standard InChI is InChI=1S/C30H31FN4O2/c1-21-11-12-25-27(32-21)9-4-10-28(25)35-17-15-34(16-18-35)14-13-22-5-2-7-24(19-22)33-30(37)29-23(20-36)6-3-8-26(29)31/h2-12,19,36H,13-18,20H2,1H3,(H,33,37). The first-order chi connectivity index (χ1) is 18.0. The number of aromatic nitrogens is 1. The smallest absolute Gasteiger partial charge is 0.259 e. The van der Waals surface area contributed by atoms with E-state index in [1.807, 2.05) is 25.1 Å². The zero-order valence-corrected chi connectivity index (χ0v) is 21.0. The fourth-order valence-electron chi connectivity index (χ4n) is 4.97. The van der Waals surface area contributed by atoms with Crippen molar-refractivity contribution < 1.29 is 14.3 Å². The van der Waals surface area contributed by atoms with Crippen molar-refractivity contribution in [1.82, 2.24) is 9.88 Å². The van der Waals surface area contributed by atoms with Crippen LogP contribution < -0.4 is 10.2 Å². The van der Waals surface area contributed by atoms with Crippen LogP contribution in [0, 0.1) is 12.7 Å². The van der Waals surface area contributed by atoms with E-state index in [4.69, 9.17) is 0 Å². The average Bonchev–Trinajstić information content (AvgIpc) is 2.91. The Morgan fingerprint density at radius 1 is 1.00 bits per heavy atom. The van der Waals surface area contributed by atoms with E-state index < -0.39 is 18.3 Å². The first-order valence-corrected chi connectivity index (χ1v) is 12.6. The fraction of sp³-hybridized carbons (Fsp3) is 0.267. The molecule has 7 heteroatoms. The van der Waals surface area contributed by atoms with E-state index in [9.17, 15) is 14.3 Å². The van der Waals surface area contributed by atoms with E-state index in [1.54, 1.807) is 12.1 Å². The number of fused-ring (bicyclic) bond motifs is 1. The van der Waals surface area contributed by atoms with E-state index >= 15 is 0 Å². The monoisotopic (exact) mass is 498 g/mol. The molecule has 1 aliphatic rings. The molecule has 190 valence electrons. The molecular formula is C30H31FN4O2. The molecule has 0 unspecified atom stereocenters. The zero-order valence-electron chi connectivity index (χ0n) is 21.0. The van der Waals surface area contributed by atoms with Gasteiger partial charge < -0.3 is 15.3 Å². The van der Waals surface area contributed by atoms with Crippen molar-refractivity contribution in [2.24, 2.45) is 0 Å². The third-order valence-corrected chi connectivity index (χ3v) is 6.96. The van der Waals surface area contributed by atoms with Gasteiger partial charge in [0.25, 0.3) is 5.91 Å². The lowest BCUT2D eigenvalue weighted by molar-refractivity contribution is 0.102. The van der Waals surface area contributed by atoms with Crippen LogP contribution in [0.15, 0.2) is 72.8 Å². The van der Waals surface area contributed by atoms with Crippen LogP contribution in [0.25, 0.3) is 10.9 Å². The molecule has 1 aromatic heterocycles. The predicted octanol–water partition coefficient (Wildman–Crippen LogP) is 4.79. The maximum absolute atomic E-state index is 14.2. The Hall–Kier alpha value is -3.81. The van der Waals surface area contributed by atoms with Crippen molar-refractivity contribution in [2.75, 3.05) is 42.9 Å². The van der Waals surface area contributed by atoms with Gasteiger partial charge >= 0.3 is 0 Å². The second-order valence-electron chi connectivity index (χ2n) is 9.46. The minimum Gasteiger partial charge on any atom is -0.392 e. The molecule has 5 rings (SSSR count). The lowest BCUT2D eigenvalue weighted by Gasteiger charge is -2.36. The summed E-state index contributed by atoms with van der Waals surface area (Å²) in [6.45, 7) is 6.41. The number of amides is 1. The van der Waals surface area contributed by atoms with Crippen LogP contribution in [0.4, 0.5) is 15.8 Å². The third-order valence-electron chi connectivity index (χ3n) is 6.96. The van der Waals surface area contributed by atoms with Crippen molar-refractivity contribution in [2.45, 2.75) is 20.0 Å². The van der Waals surface area contributed by atoms with Gasteiger partial charge in [0.1, 0.15) is 5.82 Å². The molecule has 1 aliphatic heterocycles. The Bertz CT molecular complexity index is 1420. The van der Waals surface area contributed by atoms with Gasteiger partial charge in [-0.15, -0.1) is 0 Å². The number of anilines is 2. The molecule has 0 spiro atoms. The number of nitrogens with zero attached hydrogens (tertiary/aromatic N) is 3. The molecule has 0 radical (unpaired) electrons. The van der Waals surface area contributed by atoms with E-state index in [1.165, 1.54) is 23.2 Å². The van der Waals surface area contributed by atoms with Gasteiger partial charge in [-0.3, -0.25) is 14.7 Å². The topological polar surface area (TPSA) is 68.7 Å². The lowest BCUT2D eigenvalue weighted by Crippen LogP contribution is -2.47. The first kappa shape index (κ1) is 24.9. The van der Waals surface area contributed by atoms with Gasteiger partial charge in [-0.1, -0.05) is 30.3 Å². The Morgan fingerprint density at radius 3 is 2.59 bits per heavy atom. The normalized spacial score (nSPS) is 14.2. The lowest BCUT2D eigenvalue weighted by atomic mass is 10.1. The second-order valence-corrected chi connectivity index (χ2v) is 9.46. The molecule has 0 aliphatic carbocycles. The van der Waals surface area contributed by atoms with Crippen LogP contribution in [0.3, 0.4) is 0 Å². The number of aryl methyl sites for hydroxylation is 1. The summed E-state index contributed by atoms with van der Waals surface area (Å²) < 4.78 is 14.2. The highest BCUT2D eigenvalue weighted by Crippen LogP contribution is 2.27. The third kappa shape index (κ3) is 5.63. The maximum Gasteiger partial charge on any atom is 0.259 e. The molecule has 1 saturated heterocycles. The number of nitrogens with one attached hydrogen (secondary N) is 1. The van der Waals surface area contributed by atoms with E-state index in [0.29, 0.717) is 5.69 Å². The molecule has 6 nitrogen and oxygen atoms in total. The summed E-state index contributed by atoms with van der Waals surface area (Å²) in [6.07, 6.45) is 0.850. The Balaban J connectivity index is 1.17. The summed E-state index contributed by atoms with van der Waals surface area (Å²) in [7, 11) is 0. The Kier molecular flexibility index (Phi) is 7.44. The number of benzene rings is 3. The van der Waals surface area contributed by atoms with Crippen molar-refractivity contribution in [3.05, 3.63) is 101 Å². The number of aliphatic hydroxyl groups excluding tert-OH is 1. The molecule has 0 atom stereocenters. The van der Waals surface area contributed by atoms with Gasteiger partial charge in [-0.2, -0.15) is 0 Å². The highest BCUT2D eigenvalue weighted by atomic mass is 19.1. The number of aliphatic hydroxyl groups is 1. The number of hydrogen-bond donors (Lipinski definition) is 2. The number of hydrogen-bond acceptors (Lipinski definition) is 5. The van der Waals surface area contributed by atoms with Gasteiger partial charge in [0.05, 0.1) is 17.7 Å². The SMILES string of the molecule is Cc1ccc2c(N3CCN(CCc4cccc(NC(=O)c5c(F)cccc5CO)c4)CC3)cccc2n1. The van der Waals surface area contributed by atoms with E-state index in [2.05, 4.69) is 50.4 Å². The summed E-state index contributed by atoms with van der Waals surface area (Å²) in [4.78, 5) is 22.3. The molecule has 0 saturated carbocycles. The highest BCUT2D eigenvalue weighted by molar-refractivity contribution is 6.05. The van der Waals surface area contributed by atoms with Gasteiger partial charge in [0, 0.05) is 55.2 Å². The van der Waals surface area contributed by atoms with Crippen molar-refractivity contribution in [1.29, 1.82) is 0 Å². The summed E-state index contributed by atoms with van der Waals surface area (Å²) in [6, 6.07) is 22.5. The molecule has 2 N–H and O–H groups in total. The largest absolute Gasteiger partial charge is 0.392 e.